The maximum absolute atomic E-state index is 11.8. The fraction of sp³-hybridized carbons (Fsp3) is 0.870. The third-order valence-electron chi connectivity index (χ3n) is 5.52. The normalized spacial score (nSPS) is 17.6. The summed E-state index contributed by atoms with van der Waals surface area (Å²) in [6.45, 7) is 4.15. The third-order valence-corrected chi connectivity index (χ3v) is 5.52. The molecule has 0 amide bonds. The van der Waals surface area contributed by atoms with Crippen LogP contribution in [0, 0.1) is 0 Å². The molecule has 1 heterocycles. The molecule has 0 spiro atoms. The Balaban J connectivity index is 1.87. The van der Waals surface area contributed by atoms with Crippen molar-refractivity contribution in [1.82, 2.24) is 0 Å². The molecular formula is C23H42O3. The van der Waals surface area contributed by atoms with Crippen molar-refractivity contribution in [3.05, 3.63) is 11.3 Å². The van der Waals surface area contributed by atoms with E-state index in [0.29, 0.717) is 18.4 Å². The van der Waals surface area contributed by atoms with E-state index in [2.05, 4.69) is 6.92 Å². The minimum atomic E-state index is -0.313. The number of carbonyl (C=O) groups excluding carboxylic acids is 1. The van der Waals surface area contributed by atoms with Crippen LogP contribution in [0.1, 0.15) is 123 Å². The van der Waals surface area contributed by atoms with Crippen LogP contribution in [0.4, 0.5) is 0 Å². The van der Waals surface area contributed by atoms with E-state index in [1.807, 2.05) is 6.92 Å². The monoisotopic (exact) mass is 366 g/mol. The van der Waals surface area contributed by atoms with Gasteiger partial charge in [-0.1, -0.05) is 97.3 Å². The van der Waals surface area contributed by atoms with Crippen molar-refractivity contribution >= 4 is 5.97 Å². The molecule has 0 aromatic heterocycles. The van der Waals surface area contributed by atoms with Gasteiger partial charge in [0.1, 0.15) is 11.9 Å². The van der Waals surface area contributed by atoms with Crippen molar-refractivity contribution in [2.45, 2.75) is 129 Å². The van der Waals surface area contributed by atoms with Gasteiger partial charge in [0.05, 0.1) is 5.57 Å². The molecule has 26 heavy (non-hydrogen) atoms. The molecule has 1 aliphatic rings. The van der Waals surface area contributed by atoms with Gasteiger partial charge in [-0.15, -0.1) is 0 Å². The molecule has 3 nitrogen and oxygen atoms in total. The minimum absolute atomic E-state index is 0.116. The van der Waals surface area contributed by atoms with Crippen molar-refractivity contribution < 1.29 is 14.6 Å². The molecule has 0 saturated heterocycles. The third kappa shape index (κ3) is 10.2. The Morgan fingerprint density at radius 1 is 0.808 bits per heavy atom. The molecule has 0 bridgehead atoms. The SMILES string of the molecule is CCCCCCCCCCCCCCCCC1CC(O)=C(CC)C(=O)O1. The van der Waals surface area contributed by atoms with Gasteiger partial charge in [0.25, 0.3) is 0 Å². The summed E-state index contributed by atoms with van der Waals surface area (Å²) in [5.41, 5.74) is 0.460. The van der Waals surface area contributed by atoms with Crippen LogP contribution in [0.15, 0.2) is 11.3 Å². The van der Waals surface area contributed by atoms with Crippen LogP contribution in [0.3, 0.4) is 0 Å². The smallest absolute Gasteiger partial charge is 0.337 e. The van der Waals surface area contributed by atoms with Gasteiger partial charge in [0.15, 0.2) is 0 Å². The standard InChI is InChI=1S/C23H42O3/c1-3-5-6-7-8-9-10-11-12-13-14-15-16-17-18-20-19-22(24)21(4-2)23(25)26-20/h20,24H,3-19H2,1-2H3. The summed E-state index contributed by atoms with van der Waals surface area (Å²) < 4.78 is 5.42. The lowest BCUT2D eigenvalue weighted by Crippen LogP contribution is -2.26. The molecule has 0 aliphatic carbocycles. The Bertz CT molecular complexity index is 400. The molecule has 1 N–H and O–H groups in total. The van der Waals surface area contributed by atoms with E-state index in [0.717, 1.165) is 12.8 Å². The van der Waals surface area contributed by atoms with Crippen LogP contribution in [0.5, 0.6) is 0 Å². The van der Waals surface area contributed by atoms with Crippen LogP contribution in [0.25, 0.3) is 0 Å². The molecule has 1 aliphatic heterocycles. The molecule has 1 atom stereocenters. The number of ether oxygens (including phenoxy) is 1. The summed E-state index contributed by atoms with van der Waals surface area (Å²) in [5, 5.41) is 9.90. The second-order valence-corrected chi connectivity index (χ2v) is 7.90. The van der Waals surface area contributed by atoms with Crippen LogP contribution in [-0.2, 0) is 9.53 Å². The van der Waals surface area contributed by atoms with Gasteiger partial charge < -0.3 is 9.84 Å². The van der Waals surface area contributed by atoms with Crippen LogP contribution in [0.2, 0.25) is 0 Å². The van der Waals surface area contributed by atoms with Crippen molar-refractivity contribution in [2.24, 2.45) is 0 Å². The average molecular weight is 367 g/mol. The summed E-state index contributed by atoms with van der Waals surface area (Å²) in [4.78, 5) is 11.8. The van der Waals surface area contributed by atoms with E-state index in [1.165, 1.54) is 83.5 Å². The van der Waals surface area contributed by atoms with E-state index in [1.54, 1.807) is 0 Å². The van der Waals surface area contributed by atoms with Gasteiger partial charge in [-0.05, 0) is 19.3 Å². The van der Waals surface area contributed by atoms with Gasteiger partial charge in [-0.2, -0.15) is 0 Å². The zero-order valence-corrected chi connectivity index (χ0v) is 17.4. The van der Waals surface area contributed by atoms with E-state index in [-0.39, 0.29) is 17.8 Å². The first kappa shape index (κ1) is 23.0. The zero-order valence-electron chi connectivity index (χ0n) is 17.4. The Labute approximate surface area is 161 Å². The van der Waals surface area contributed by atoms with Crippen molar-refractivity contribution in [3.63, 3.8) is 0 Å². The van der Waals surface area contributed by atoms with Gasteiger partial charge in [-0.25, -0.2) is 4.79 Å². The quantitative estimate of drug-likeness (QED) is 0.229. The van der Waals surface area contributed by atoms with Crippen molar-refractivity contribution in [2.75, 3.05) is 0 Å². The van der Waals surface area contributed by atoms with Gasteiger partial charge in [0.2, 0.25) is 0 Å². The molecule has 1 rings (SSSR count). The topological polar surface area (TPSA) is 46.5 Å². The second kappa shape index (κ2) is 15.1. The fourth-order valence-electron chi connectivity index (χ4n) is 3.80. The zero-order chi connectivity index (χ0) is 19.0. The summed E-state index contributed by atoms with van der Waals surface area (Å²) in [6, 6.07) is 0. The van der Waals surface area contributed by atoms with Crippen molar-refractivity contribution in [3.8, 4) is 0 Å². The first-order valence-electron chi connectivity index (χ1n) is 11.3. The highest BCUT2D eigenvalue weighted by atomic mass is 16.5. The predicted molar refractivity (Wildman–Crippen MR) is 109 cm³/mol. The van der Waals surface area contributed by atoms with E-state index in [9.17, 15) is 9.90 Å². The number of rotatable bonds is 16. The summed E-state index contributed by atoms with van der Waals surface area (Å²) >= 11 is 0. The van der Waals surface area contributed by atoms with E-state index >= 15 is 0 Å². The highest BCUT2D eigenvalue weighted by Gasteiger charge is 2.27. The Morgan fingerprint density at radius 2 is 1.27 bits per heavy atom. The van der Waals surface area contributed by atoms with Crippen LogP contribution >= 0.6 is 0 Å². The first-order chi connectivity index (χ1) is 12.7. The molecule has 152 valence electrons. The first-order valence-corrected chi connectivity index (χ1v) is 11.3. The predicted octanol–water partition coefficient (Wildman–Crippen LogP) is 7.40. The van der Waals surface area contributed by atoms with Crippen LogP contribution < -0.4 is 0 Å². The lowest BCUT2D eigenvalue weighted by Gasteiger charge is -2.24. The molecule has 0 aromatic carbocycles. The molecule has 0 aromatic rings. The molecule has 0 saturated carbocycles. The van der Waals surface area contributed by atoms with Crippen molar-refractivity contribution in [1.29, 1.82) is 0 Å². The number of hydrogen-bond donors (Lipinski definition) is 1. The maximum Gasteiger partial charge on any atom is 0.337 e. The minimum Gasteiger partial charge on any atom is -0.512 e. The molecule has 0 fully saturated rings. The average Bonchev–Trinajstić information content (AvgIpc) is 2.62. The molecule has 0 radical (unpaired) electrons. The van der Waals surface area contributed by atoms with Gasteiger partial charge in [0, 0.05) is 6.42 Å². The number of carbonyl (C=O) groups is 1. The molecule has 3 heteroatoms. The van der Waals surface area contributed by atoms with Gasteiger partial charge in [-0.3, -0.25) is 0 Å². The number of unbranched alkanes of at least 4 members (excludes halogenated alkanes) is 13. The molecular weight excluding hydrogens is 324 g/mol. The summed E-state index contributed by atoms with van der Waals surface area (Å²) in [6.07, 6.45) is 20.7. The summed E-state index contributed by atoms with van der Waals surface area (Å²) in [7, 11) is 0. The second-order valence-electron chi connectivity index (χ2n) is 7.90. The maximum atomic E-state index is 11.8. The van der Waals surface area contributed by atoms with Gasteiger partial charge >= 0.3 is 5.97 Å². The largest absolute Gasteiger partial charge is 0.512 e. The highest BCUT2D eigenvalue weighted by Crippen LogP contribution is 2.25. The Kier molecular flexibility index (Phi) is 13.4. The number of esters is 1. The Morgan fingerprint density at radius 3 is 1.69 bits per heavy atom. The highest BCUT2D eigenvalue weighted by molar-refractivity contribution is 5.89. The van der Waals surface area contributed by atoms with E-state index in [4.69, 9.17) is 4.74 Å². The number of aliphatic hydroxyl groups excluding tert-OH is 1. The van der Waals surface area contributed by atoms with Crippen LogP contribution in [-0.4, -0.2) is 17.2 Å². The summed E-state index contributed by atoms with van der Waals surface area (Å²) in [5.74, 6) is -0.0641. The fourth-order valence-corrected chi connectivity index (χ4v) is 3.80. The number of hydrogen-bond acceptors (Lipinski definition) is 3. The Hall–Kier alpha value is -0.990. The number of cyclic esters (lactones) is 1. The lowest BCUT2D eigenvalue weighted by molar-refractivity contribution is -0.147. The van der Waals surface area contributed by atoms with E-state index < -0.39 is 0 Å². The number of aliphatic hydroxyl groups is 1. The molecule has 1 unspecified atom stereocenters. The lowest BCUT2D eigenvalue weighted by atomic mass is 9.99.